The van der Waals surface area contributed by atoms with Crippen molar-refractivity contribution in [2.75, 3.05) is 26.0 Å². The second-order valence-corrected chi connectivity index (χ2v) is 3.99. The zero-order valence-electron chi connectivity index (χ0n) is 10.8. The number of carbonyl (C=O) groups excluding carboxylic acids is 2. The average Bonchev–Trinajstić information content (AvgIpc) is 2.38. The highest BCUT2D eigenvalue weighted by Gasteiger charge is 2.16. The lowest BCUT2D eigenvalue weighted by Gasteiger charge is -2.13. The summed E-state index contributed by atoms with van der Waals surface area (Å²) in [5, 5.41) is 5.66. The van der Waals surface area contributed by atoms with E-state index in [1.54, 1.807) is 31.3 Å². The number of anilines is 1. The first-order valence-electron chi connectivity index (χ1n) is 5.73. The van der Waals surface area contributed by atoms with Crippen LogP contribution in [0.25, 0.3) is 0 Å². The molecule has 5 heteroatoms. The van der Waals surface area contributed by atoms with Crippen LogP contribution in [0, 0.1) is 5.92 Å². The van der Waals surface area contributed by atoms with Gasteiger partial charge in [-0.3, -0.25) is 4.79 Å². The summed E-state index contributed by atoms with van der Waals surface area (Å²) in [6.45, 7) is 2.39. The molecule has 0 bridgehead atoms. The highest BCUT2D eigenvalue weighted by molar-refractivity contribution is 6.01. The Hall–Kier alpha value is -1.88. The van der Waals surface area contributed by atoms with E-state index in [1.165, 1.54) is 7.11 Å². The van der Waals surface area contributed by atoms with E-state index in [0.29, 0.717) is 17.8 Å². The summed E-state index contributed by atoms with van der Waals surface area (Å²) in [6, 6.07) is 6.77. The van der Waals surface area contributed by atoms with Gasteiger partial charge in [-0.25, -0.2) is 4.79 Å². The highest BCUT2D eigenvalue weighted by atomic mass is 16.5. The molecule has 98 valence electrons. The Labute approximate surface area is 107 Å². The standard InChI is InChI=1S/C13H18N2O3/c1-9(8-14-2)12(16)15-11-7-5-4-6-10(11)13(17)18-3/h4-7,9,14H,8H2,1-3H3,(H,15,16). The number of carbonyl (C=O) groups is 2. The van der Waals surface area contributed by atoms with E-state index in [4.69, 9.17) is 0 Å². The number of para-hydroxylation sites is 1. The minimum absolute atomic E-state index is 0.138. The maximum absolute atomic E-state index is 11.9. The van der Waals surface area contributed by atoms with Gasteiger partial charge in [0.05, 0.1) is 18.4 Å². The molecule has 0 saturated heterocycles. The van der Waals surface area contributed by atoms with Crippen LogP contribution in [0.15, 0.2) is 24.3 Å². The summed E-state index contributed by atoms with van der Waals surface area (Å²) in [4.78, 5) is 23.4. The Bertz CT molecular complexity index is 432. The summed E-state index contributed by atoms with van der Waals surface area (Å²) in [6.07, 6.45) is 0. The van der Waals surface area contributed by atoms with Gasteiger partial charge in [-0.1, -0.05) is 19.1 Å². The molecule has 1 aromatic rings. The summed E-state index contributed by atoms with van der Waals surface area (Å²) < 4.78 is 4.66. The zero-order valence-corrected chi connectivity index (χ0v) is 10.8. The Balaban J connectivity index is 2.84. The van der Waals surface area contributed by atoms with Crippen molar-refractivity contribution in [3.8, 4) is 0 Å². The lowest BCUT2D eigenvalue weighted by atomic mass is 10.1. The number of benzene rings is 1. The molecule has 0 aliphatic rings. The van der Waals surface area contributed by atoms with Gasteiger partial charge in [-0.05, 0) is 19.2 Å². The van der Waals surface area contributed by atoms with Gasteiger partial charge >= 0.3 is 5.97 Å². The number of nitrogens with one attached hydrogen (secondary N) is 2. The average molecular weight is 250 g/mol. The smallest absolute Gasteiger partial charge is 0.339 e. The molecule has 1 rings (SSSR count). The first-order chi connectivity index (χ1) is 8.60. The highest BCUT2D eigenvalue weighted by Crippen LogP contribution is 2.16. The number of hydrogen-bond acceptors (Lipinski definition) is 4. The topological polar surface area (TPSA) is 67.4 Å². The largest absolute Gasteiger partial charge is 0.465 e. The summed E-state index contributed by atoms with van der Waals surface area (Å²) in [5.74, 6) is -0.784. The van der Waals surface area contributed by atoms with E-state index in [0.717, 1.165) is 0 Å². The number of esters is 1. The summed E-state index contributed by atoms with van der Waals surface area (Å²) in [7, 11) is 3.09. The zero-order chi connectivity index (χ0) is 13.5. The maximum atomic E-state index is 11.9. The Morgan fingerprint density at radius 1 is 1.33 bits per heavy atom. The monoisotopic (exact) mass is 250 g/mol. The van der Waals surface area contributed by atoms with Crippen LogP contribution in [-0.4, -0.2) is 32.6 Å². The summed E-state index contributed by atoms with van der Waals surface area (Å²) >= 11 is 0. The van der Waals surface area contributed by atoms with Crippen LogP contribution < -0.4 is 10.6 Å². The van der Waals surface area contributed by atoms with Crippen LogP contribution in [0.1, 0.15) is 17.3 Å². The number of ether oxygens (including phenoxy) is 1. The van der Waals surface area contributed by atoms with E-state index < -0.39 is 5.97 Å². The Morgan fingerprint density at radius 3 is 2.61 bits per heavy atom. The van der Waals surface area contributed by atoms with E-state index in [9.17, 15) is 9.59 Å². The van der Waals surface area contributed by atoms with Crippen molar-refractivity contribution in [3.05, 3.63) is 29.8 Å². The molecule has 0 heterocycles. The van der Waals surface area contributed by atoms with Crippen LogP contribution in [0.2, 0.25) is 0 Å². The predicted octanol–water partition coefficient (Wildman–Crippen LogP) is 1.27. The molecular formula is C13H18N2O3. The molecular weight excluding hydrogens is 232 g/mol. The van der Waals surface area contributed by atoms with E-state index in [2.05, 4.69) is 15.4 Å². The van der Waals surface area contributed by atoms with Gasteiger partial charge in [0.25, 0.3) is 0 Å². The van der Waals surface area contributed by atoms with Crippen molar-refractivity contribution < 1.29 is 14.3 Å². The molecule has 1 unspecified atom stereocenters. The molecule has 0 saturated carbocycles. The lowest BCUT2D eigenvalue weighted by Crippen LogP contribution is -2.29. The second-order valence-electron chi connectivity index (χ2n) is 3.99. The van der Waals surface area contributed by atoms with Gasteiger partial charge in [-0.2, -0.15) is 0 Å². The molecule has 0 spiro atoms. The Morgan fingerprint density at radius 2 is 2.00 bits per heavy atom. The third kappa shape index (κ3) is 3.56. The molecule has 2 N–H and O–H groups in total. The fourth-order valence-electron chi connectivity index (χ4n) is 1.53. The molecule has 0 aliphatic carbocycles. The minimum Gasteiger partial charge on any atom is -0.465 e. The first-order valence-corrected chi connectivity index (χ1v) is 5.73. The molecule has 0 fully saturated rings. The molecule has 1 atom stereocenters. The molecule has 0 radical (unpaired) electrons. The van der Waals surface area contributed by atoms with Gasteiger partial charge in [-0.15, -0.1) is 0 Å². The van der Waals surface area contributed by atoms with Crippen molar-refractivity contribution in [1.29, 1.82) is 0 Å². The number of amides is 1. The third-order valence-corrected chi connectivity index (χ3v) is 2.55. The van der Waals surface area contributed by atoms with Crippen LogP contribution in [0.5, 0.6) is 0 Å². The normalized spacial score (nSPS) is 11.7. The van der Waals surface area contributed by atoms with Crippen LogP contribution in [0.3, 0.4) is 0 Å². The molecule has 1 amide bonds. The van der Waals surface area contributed by atoms with Gasteiger partial charge in [0, 0.05) is 12.5 Å². The number of rotatable bonds is 5. The van der Waals surface area contributed by atoms with Gasteiger partial charge < -0.3 is 15.4 Å². The summed E-state index contributed by atoms with van der Waals surface area (Å²) in [5.41, 5.74) is 0.822. The molecule has 5 nitrogen and oxygen atoms in total. The fraction of sp³-hybridized carbons (Fsp3) is 0.385. The molecule has 18 heavy (non-hydrogen) atoms. The predicted molar refractivity (Wildman–Crippen MR) is 69.5 cm³/mol. The van der Waals surface area contributed by atoms with Gasteiger partial charge in [0.1, 0.15) is 0 Å². The van der Waals surface area contributed by atoms with Crippen LogP contribution >= 0.6 is 0 Å². The number of hydrogen-bond donors (Lipinski definition) is 2. The van der Waals surface area contributed by atoms with E-state index in [-0.39, 0.29) is 11.8 Å². The van der Waals surface area contributed by atoms with Crippen LogP contribution in [0.4, 0.5) is 5.69 Å². The van der Waals surface area contributed by atoms with Crippen molar-refractivity contribution in [1.82, 2.24) is 5.32 Å². The minimum atomic E-state index is -0.466. The molecule has 0 aromatic heterocycles. The first kappa shape index (κ1) is 14.2. The molecule has 1 aromatic carbocycles. The Kier molecular flexibility index (Phi) is 5.32. The number of methoxy groups -OCH3 is 1. The van der Waals surface area contributed by atoms with E-state index in [1.807, 2.05) is 6.92 Å². The van der Waals surface area contributed by atoms with Gasteiger partial charge in [0.2, 0.25) is 5.91 Å². The molecule has 0 aliphatic heterocycles. The van der Waals surface area contributed by atoms with Crippen LogP contribution in [-0.2, 0) is 9.53 Å². The third-order valence-electron chi connectivity index (χ3n) is 2.55. The van der Waals surface area contributed by atoms with Crippen molar-refractivity contribution in [2.45, 2.75) is 6.92 Å². The van der Waals surface area contributed by atoms with Crippen molar-refractivity contribution in [3.63, 3.8) is 0 Å². The second kappa shape index (κ2) is 6.76. The van der Waals surface area contributed by atoms with Gasteiger partial charge in [0.15, 0.2) is 0 Å². The SMILES string of the molecule is CNCC(C)C(=O)Nc1ccccc1C(=O)OC. The fourth-order valence-corrected chi connectivity index (χ4v) is 1.53. The lowest BCUT2D eigenvalue weighted by molar-refractivity contribution is -0.119. The van der Waals surface area contributed by atoms with Crippen molar-refractivity contribution in [2.24, 2.45) is 5.92 Å². The van der Waals surface area contributed by atoms with E-state index >= 15 is 0 Å². The quantitative estimate of drug-likeness (QED) is 0.772. The van der Waals surface area contributed by atoms with Crippen molar-refractivity contribution >= 4 is 17.6 Å². The maximum Gasteiger partial charge on any atom is 0.339 e.